The largest absolute Gasteiger partial charge is 0.368 e. The van der Waals surface area contributed by atoms with Crippen LogP contribution in [0.4, 0.5) is 11.4 Å². The number of ether oxygens (including phenoxy) is 1. The predicted molar refractivity (Wildman–Crippen MR) is 99.9 cm³/mol. The number of hydrogen-bond acceptors (Lipinski definition) is 4. The number of hydrogen-bond donors (Lipinski definition) is 3. The molecular weight excluding hydrogens is 342 g/mol. The Morgan fingerprint density at radius 2 is 1.60 bits per heavy atom. The van der Waals surface area contributed by atoms with Crippen LogP contribution >= 0.6 is 12.4 Å². The summed E-state index contributed by atoms with van der Waals surface area (Å²) in [5.41, 5.74) is 7.38. The molecule has 138 valence electrons. The third-order valence-corrected chi connectivity index (χ3v) is 4.73. The van der Waals surface area contributed by atoms with E-state index in [-0.39, 0.29) is 42.3 Å². The van der Waals surface area contributed by atoms with Gasteiger partial charge in [0.15, 0.2) is 0 Å². The van der Waals surface area contributed by atoms with Crippen molar-refractivity contribution in [2.24, 2.45) is 11.7 Å². The lowest BCUT2D eigenvalue weighted by Gasteiger charge is -2.25. The summed E-state index contributed by atoms with van der Waals surface area (Å²) in [5.74, 6) is -0.0885. The quantitative estimate of drug-likeness (QED) is 0.762. The molecule has 3 rings (SSSR count). The number of carbonyl (C=O) groups excluding carboxylic acids is 2. The van der Waals surface area contributed by atoms with Crippen molar-refractivity contribution in [2.75, 3.05) is 17.2 Å². The summed E-state index contributed by atoms with van der Waals surface area (Å²) in [6.07, 6.45) is 5.00. The maximum absolute atomic E-state index is 12.3. The topological polar surface area (TPSA) is 93.5 Å². The molecule has 0 radical (unpaired) electrons. The van der Waals surface area contributed by atoms with Gasteiger partial charge in [-0.2, -0.15) is 0 Å². The molecular formula is C18H26ClN3O3. The number of carbonyl (C=O) groups is 2. The molecule has 7 heteroatoms. The van der Waals surface area contributed by atoms with E-state index >= 15 is 0 Å². The van der Waals surface area contributed by atoms with E-state index in [4.69, 9.17) is 10.5 Å². The second-order valence-electron chi connectivity index (χ2n) is 6.68. The molecule has 25 heavy (non-hydrogen) atoms. The molecule has 0 bridgehead atoms. The SMILES string of the molecule is Cl.NC1CCCC(C(=O)Nc2ccc(NC(=O)C3CCCO3)cc2)C1. The zero-order valence-electron chi connectivity index (χ0n) is 14.2. The minimum Gasteiger partial charge on any atom is -0.368 e. The average Bonchev–Trinajstić information content (AvgIpc) is 3.11. The van der Waals surface area contributed by atoms with Crippen molar-refractivity contribution in [1.82, 2.24) is 0 Å². The molecule has 1 aromatic rings. The minimum absolute atomic E-state index is 0. The summed E-state index contributed by atoms with van der Waals surface area (Å²) in [4.78, 5) is 24.3. The van der Waals surface area contributed by atoms with Gasteiger partial charge in [0.2, 0.25) is 5.91 Å². The number of anilines is 2. The Morgan fingerprint density at radius 1 is 0.960 bits per heavy atom. The van der Waals surface area contributed by atoms with Gasteiger partial charge in [0.25, 0.3) is 5.91 Å². The third-order valence-electron chi connectivity index (χ3n) is 4.73. The zero-order valence-corrected chi connectivity index (χ0v) is 15.0. The molecule has 2 aliphatic rings. The van der Waals surface area contributed by atoms with Crippen LogP contribution < -0.4 is 16.4 Å². The summed E-state index contributed by atoms with van der Waals surface area (Å²) >= 11 is 0. The standard InChI is InChI=1S/C18H25N3O3.ClH/c19-13-4-1-3-12(11-13)17(22)20-14-6-8-15(9-7-14)21-18(23)16-5-2-10-24-16;/h6-9,12-13,16H,1-5,10-11,19H2,(H,20,22)(H,21,23);1H. The van der Waals surface area contributed by atoms with E-state index in [1.165, 1.54) is 0 Å². The molecule has 1 aliphatic carbocycles. The fraction of sp³-hybridized carbons (Fsp3) is 0.556. The highest BCUT2D eigenvalue weighted by Crippen LogP contribution is 2.25. The molecule has 4 N–H and O–H groups in total. The normalized spacial score (nSPS) is 25.7. The van der Waals surface area contributed by atoms with Gasteiger partial charge in [-0.3, -0.25) is 9.59 Å². The molecule has 3 atom stereocenters. The van der Waals surface area contributed by atoms with Crippen LogP contribution in [0.15, 0.2) is 24.3 Å². The molecule has 1 saturated carbocycles. The molecule has 1 aliphatic heterocycles. The van der Waals surface area contributed by atoms with E-state index in [9.17, 15) is 9.59 Å². The molecule has 3 unspecified atom stereocenters. The van der Waals surface area contributed by atoms with Gasteiger partial charge in [-0.15, -0.1) is 12.4 Å². The van der Waals surface area contributed by atoms with Crippen molar-refractivity contribution < 1.29 is 14.3 Å². The maximum Gasteiger partial charge on any atom is 0.253 e. The van der Waals surface area contributed by atoms with Crippen LogP contribution in [0, 0.1) is 5.92 Å². The van der Waals surface area contributed by atoms with Crippen LogP contribution in [0.25, 0.3) is 0 Å². The summed E-state index contributed by atoms with van der Waals surface area (Å²) in [7, 11) is 0. The van der Waals surface area contributed by atoms with Crippen LogP contribution in [0.5, 0.6) is 0 Å². The summed E-state index contributed by atoms with van der Waals surface area (Å²) in [5, 5.41) is 5.78. The Hall–Kier alpha value is -1.63. The first-order valence-corrected chi connectivity index (χ1v) is 8.71. The van der Waals surface area contributed by atoms with Gasteiger partial charge in [-0.05, 0) is 56.4 Å². The molecule has 0 aromatic heterocycles. The van der Waals surface area contributed by atoms with Gasteiger partial charge >= 0.3 is 0 Å². The number of amides is 2. The molecule has 6 nitrogen and oxygen atoms in total. The number of rotatable bonds is 4. The van der Waals surface area contributed by atoms with Gasteiger partial charge in [0, 0.05) is 29.9 Å². The molecule has 2 amide bonds. The van der Waals surface area contributed by atoms with E-state index in [2.05, 4.69) is 10.6 Å². The maximum atomic E-state index is 12.3. The van der Waals surface area contributed by atoms with Crippen molar-refractivity contribution in [1.29, 1.82) is 0 Å². The fourth-order valence-electron chi connectivity index (χ4n) is 3.35. The summed E-state index contributed by atoms with van der Waals surface area (Å²) in [6, 6.07) is 7.30. The highest BCUT2D eigenvalue weighted by atomic mass is 35.5. The lowest BCUT2D eigenvalue weighted by molar-refractivity contribution is -0.124. The third kappa shape index (κ3) is 5.42. The molecule has 2 fully saturated rings. The zero-order chi connectivity index (χ0) is 16.9. The Labute approximate surface area is 154 Å². The van der Waals surface area contributed by atoms with Gasteiger partial charge in [-0.25, -0.2) is 0 Å². The molecule has 1 aromatic carbocycles. The second-order valence-corrected chi connectivity index (χ2v) is 6.68. The molecule has 0 spiro atoms. The summed E-state index contributed by atoms with van der Waals surface area (Å²) < 4.78 is 5.36. The highest BCUT2D eigenvalue weighted by Gasteiger charge is 2.25. The monoisotopic (exact) mass is 367 g/mol. The second kappa shape index (κ2) is 9.17. The van der Waals surface area contributed by atoms with Gasteiger partial charge in [0.1, 0.15) is 6.10 Å². The van der Waals surface area contributed by atoms with Crippen LogP contribution in [0.1, 0.15) is 38.5 Å². The summed E-state index contributed by atoms with van der Waals surface area (Å²) in [6.45, 7) is 0.647. The van der Waals surface area contributed by atoms with Crippen molar-refractivity contribution in [3.63, 3.8) is 0 Å². The van der Waals surface area contributed by atoms with Crippen LogP contribution in [-0.2, 0) is 14.3 Å². The first kappa shape index (κ1) is 19.7. The predicted octanol–water partition coefficient (Wildman–Crippen LogP) is 2.68. The van der Waals surface area contributed by atoms with Crippen molar-refractivity contribution in [3.8, 4) is 0 Å². The number of halogens is 1. The van der Waals surface area contributed by atoms with E-state index in [0.717, 1.165) is 44.2 Å². The Kier molecular flexibility index (Phi) is 7.23. The smallest absolute Gasteiger partial charge is 0.253 e. The van der Waals surface area contributed by atoms with Crippen molar-refractivity contribution >= 4 is 35.6 Å². The van der Waals surface area contributed by atoms with Crippen LogP contribution in [-0.4, -0.2) is 30.6 Å². The van der Waals surface area contributed by atoms with Crippen LogP contribution in [0.2, 0.25) is 0 Å². The first-order chi connectivity index (χ1) is 11.6. The Balaban J connectivity index is 0.00000225. The molecule has 1 saturated heterocycles. The lowest BCUT2D eigenvalue weighted by Crippen LogP contribution is -2.34. The van der Waals surface area contributed by atoms with Crippen molar-refractivity contribution in [3.05, 3.63) is 24.3 Å². The van der Waals surface area contributed by atoms with E-state index in [1.807, 2.05) is 0 Å². The Morgan fingerprint density at radius 3 is 2.16 bits per heavy atom. The van der Waals surface area contributed by atoms with E-state index < -0.39 is 0 Å². The van der Waals surface area contributed by atoms with Crippen molar-refractivity contribution in [2.45, 2.75) is 50.7 Å². The lowest BCUT2D eigenvalue weighted by atomic mass is 9.85. The highest BCUT2D eigenvalue weighted by molar-refractivity contribution is 5.95. The number of nitrogens with two attached hydrogens (primary N) is 1. The van der Waals surface area contributed by atoms with Gasteiger partial charge < -0.3 is 21.1 Å². The van der Waals surface area contributed by atoms with Gasteiger partial charge in [0.05, 0.1) is 0 Å². The average molecular weight is 368 g/mol. The van der Waals surface area contributed by atoms with Crippen LogP contribution in [0.3, 0.4) is 0 Å². The van der Waals surface area contributed by atoms with E-state index in [1.54, 1.807) is 24.3 Å². The number of nitrogens with one attached hydrogen (secondary N) is 2. The molecule has 1 heterocycles. The first-order valence-electron chi connectivity index (χ1n) is 8.71. The van der Waals surface area contributed by atoms with E-state index in [0.29, 0.717) is 12.3 Å². The fourth-order valence-corrected chi connectivity index (χ4v) is 3.35. The minimum atomic E-state index is -0.347. The van der Waals surface area contributed by atoms with Gasteiger partial charge in [-0.1, -0.05) is 6.42 Å². The Bertz CT molecular complexity index is 588. The number of benzene rings is 1.